The molecule has 5 heteroatoms. The predicted octanol–water partition coefficient (Wildman–Crippen LogP) is 3.76. The largest absolute Gasteiger partial charge is 0.344 e. The fraction of sp³-hybridized carbons (Fsp3) is 0.333. The second-order valence-corrected chi connectivity index (χ2v) is 7.10. The number of likely N-dealkylation sites (N-methyl/N-ethyl adjacent to an activating group) is 1. The Kier molecular flexibility index (Phi) is 5.07. The number of rotatable bonds is 4. The maximum absolute atomic E-state index is 13.9. The molecule has 1 aliphatic heterocycles. The molecule has 1 heterocycles. The van der Waals surface area contributed by atoms with Gasteiger partial charge < -0.3 is 10.2 Å². The molecule has 0 saturated carbocycles. The third-order valence-corrected chi connectivity index (χ3v) is 4.93. The number of likely N-dealkylation sites (tertiary alicyclic amines) is 1. The lowest BCUT2D eigenvalue weighted by Crippen LogP contribution is -2.33. The number of anilines is 1. The Morgan fingerprint density at radius 1 is 1.19 bits per heavy atom. The van der Waals surface area contributed by atoms with Crippen molar-refractivity contribution in [3.8, 4) is 0 Å². The Labute approximate surface area is 153 Å². The van der Waals surface area contributed by atoms with Crippen molar-refractivity contribution in [1.29, 1.82) is 0 Å². The van der Waals surface area contributed by atoms with Crippen LogP contribution in [0.3, 0.4) is 0 Å². The minimum absolute atomic E-state index is 0.0922. The minimum atomic E-state index is -0.859. The van der Waals surface area contributed by atoms with E-state index in [0.29, 0.717) is 12.5 Å². The van der Waals surface area contributed by atoms with E-state index in [1.54, 1.807) is 24.1 Å². The number of para-hydroxylation sites is 1. The lowest BCUT2D eigenvalue weighted by atomic mass is 9.86. The highest BCUT2D eigenvalue weighted by Gasteiger charge is 2.44. The summed E-state index contributed by atoms with van der Waals surface area (Å²) in [4.78, 5) is 27.0. The lowest BCUT2D eigenvalue weighted by Gasteiger charge is -2.18. The number of halogens is 1. The van der Waals surface area contributed by atoms with Gasteiger partial charge in [-0.05, 0) is 29.2 Å². The van der Waals surface area contributed by atoms with Crippen molar-refractivity contribution in [3.05, 3.63) is 65.5 Å². The van der Waals surface area contributed by atoms with Crippen LogP contribution in [0, 0.1) is 11.7 Å². The monoisotopic (exact) mass is 354 g/mol. The average Bonchev–Trinajstić information content (AvgIpc) is 2.92. The van der Waals surface area contributed by atoms with Crippen molar-refractivity contribution < 1.29 is 14.0 Å². The van der Waals surface area contributed by atoms with E-state index in [-0.39, 0.29) is 17.5 Å². The Morgan fingerprint density at radius 3 is 2.62 bits per heavy atom. The number of amides is 2. The first-order chi connectivity index (χ1) is 12.4. The maximum Gasteiger partial charge on any atom is 0.237 e. The molecule has 1 saturated heterocycles. The smallest absolute Gasteiger partial charge is 0.237 e. The third kappa shape index (κ3) is 3.47. The summed E-state index contributed by atoms with van der Waals surface area (Å²) in [5, 5.41) is 2.58. The number of carbonyl (C=O) groups excluding carboxylic acids is 2. The van der Waals surface area contributed by atoms with Gasteiger partial charge in [0.2, 0.25) is 11.8 Å². The van der Waals surface area contributed by atoms with Gasteiger partial charge in [0.25, 0.3) is 0 Å². The summed E-state index contributed by atoms with van der Waals surface area (Å²) in [6, 6.07) is 14.0. The van der Waals surface area contributed by atoms with Gasteiger partial charge in [-0.25, -0.2) is 4.39 Å². The summed E-state index contributed by atoms with van der Waals surface area (Å²) in [5.41, 5.74) is 2.22. The van der Waals surface area contributed by atoms with Crippen LogP contribution in [-0.4, -0.2) is 30.3 Å². The second-order valence-electron chi connectivity index (χ2n) is 7.10. The summed E-state index contributed by atoms with van der Waals surface area (Å²) >= 11 is 0. The molecule has 0 spiro atoms. The Morgan fingerprint density at radius 2 is 1.92 bits per heavy atom. The van der Waals surface area contributed by atoms with Gasteiger partial charge in [-0.1, -0.05) is 50.2 Å². The molecule has 2 atom stereocenters. The molecule has 1 N–H and O–H groups in total. The zero-order valence-electron chi connectivity index (χ0n) is 15.2. The van der Waals surface area contributed by atoms with Gasteiger partial charge in [-0.15, -0.1) is 0 Å². The molecule has 2 aromatic rings. The normalized spacial score (nSPS) is 19.9. The summed E-state index contributed by atoms with van der Waals surface area (Å²) < 4.78 is 13.9. The summed E-state index contributed by atoms with van der Waals surface area (Å²) in [7, 11) is 1.69. The third-order valence-electron chi connectivity index (χ3n) is 4.93. The number of hydrogen-bond acceptors (Lipinski definition) is 2. The van der Waals surface area contributed by atoms with E-state index in [1.165, 1.54) is 12.1 Å². The molecular weight excluding hydrogens is 331 g/mol. The first-order valence-electron chi connectivity index (χ1n) is 8.78. The number of benzene rings is 2. The van der Waals surface area contributed by atoms with Gasteiger partial charge >= 0.3 is 0 Å². The first-order valence-corrected chi connectivity index (χ1v) is 8.78. The van der Waals surface area contributed by atoms with Crippen LogP contribution >= 0.6 is 0 Å². The number of hydrogen-bond donors (Lipinski definition) is 1. The summed E-state index contributed by atoms with van der Waals surface area (Å²) in [6.45, 7) is 4.68. The quantitative estimate of drug-likeness (QED) is 0.850. The zero-order chi connectivity index (χ0) is 18.8. The van der Waals surface area contributed by atoms with Crippen LogP contribution in [0.2, 0.25) is 0 Å². The standard InChI is InChI=1S/C21H23FN2O2/c1-13(2)14-7-6-8-15(11-14)16-12-24(3)21(26)19(16)20(25)23-18-10-5-4-9-17(18)22/h4-11,13,16,19H,12H2,1-3H3,(H,23,25). The molecule has 26 heavy (non-hydrogen) atoms. The first kappa shape index (κ1) is 18.1. The van der Waals surface area contributed by atoms with E-state index >= 15 is 0 Å². The van der Waals surface area contributed by atoms with Gasteiger partial charge in [0.1, 0.15) is 11.7 Å². The van der Waals surface area contributed by atoms with E-state index in [2.05, 4.69) is 25.2 Å². The van der Waals surface area contributed by atoms with Crippen LogP contribution in [0.15, 0.2) is 48.5 Å². The highest BCUT2D eigenvalue weighted by atomic mass is 19.1. The number of nitrogens with one attached hydrogen (secondary N) is 1. The molecule has 0 radical (unpaired) electrons. The van der Waals surface area contributed by atoms with Gasteiger partial charge in [-0.3, -0.25) is 9.59 Å². The molecule has 0 bridgehead atoms. The minimum Gasteiger partial charge on any atom is -0.344 e. The van der Waals surface area contributed by atoms with E-state index in [1.807, 2.05) is 18.2 Å². The van der Waals surface area contributed by atoms with E-state index in [9.17, 15) is 14.0 Å². The topological polar surface area (TPSA) is 49.4 Å². The Hall–Kier alpha value is -2.69. The Balaban J connectivity index is 1.90. The Bertz CT molecular complexity index is 834. The van der Waals surface area contributed by atoms with Crippen molar-refractivity contribution in [2.75, 3.05) is 18.9 Å². The van der Waals surface area contributed by atoms with E-state index in [0.717, 1.165) is 11.1 Å². The van der Waals surface area contributed by atoms with Gasteiger partial charge in [0.15, 0.2) is 0 Å². The van der Waals surface area contributed by atoms with Crippen LogP contribution in [-0.2, 0) is 9.59 Å². The van der Waals surface area contributed by atoms with Crippen molar-refractivity contribution in [1.82, 2.24) is 4.90 Å². The molecule has 1 fully saturated rings. The van der Waals surface area contributed by atoms with Crippen molar-refractivity contribution in [2.45, 2.75) is 25.7 Å². The fourth-order valence-corrected chi connectivity index (χ4v) is 3.41. The summed E-state index contributed by atoms with van der Waals surface area (Å²) in [6.07, 6.45) is 0. The highest BCUT2D eigenvalue weighted by molar-refractivity contribution is 6.08. The van der Waals surface area contributed by atoms with Crippen LogP contribution in [0.4, 0.5) is 10.1 Å². The van der Waals surface area contributed by atoms with Crippen molar-refractivity contribution >= 4 is 17.5 Å². The van der Waals surface area contributed by atoms with Crippen LogP contribution in [0.5, 0.6) is 0 Å². The van der Waals surface area contributed by atoms with Crippen molar-refractivity contribution in [2.24, 2.45) is 5.92 Å². The molecule has 4 nitrogen and oxygen atoms in total. The molecule has 2 amide bonds. The van der Waals surface area contributed by atoms with Crippen LogP contribution in [0.25, 0.3) is 0 Å². The molecule has 2 unspecified atom stereocenters. The average molecular weight is 354 g/mol. The fourth-order valence-electron chi connectivity index (χ4n) is 3.41. The second kappa shape index (κ2) is 7.28. The van der Waals surface area contributed by atoms with Crippen LogP contribution in [0.1, 0.15) is 36.8 Å². The number of carbonyl (C=O) groups is 2. The summed E-state index contributed by atoms with van der Waals surface area (Å²) in [5.74, 6) is -1.98. The highest BCUT2D eigenvalue weighted by Crippen LogP contribution is 2.35. The van der Waals surface area contributed by atoms with E-state index in [4.69, 9.17) is 0 Å². The molecule has 0 aromatic heterocycles. The zero-order valence-corrected chi connectivity index (χ0v) is 15.2. The van der Waals surface area contributed by atoms with Crippen LogP contribution < -0.4 is 5.32 Å². The maximum atomic E-state index is 13.9. The molecule has 136 valence electrons. The van der Waals surface area contributed by atoms with Gasteiger partial charge in [0.05, 0.1) is 5.69 Å². The lowest BCUT2D eigenvalue weighted by molar-refractivity contribution is -0.135. The van der Waals surface area contributed by atoms with Crippen molar-refractivity contribution in [3.63, 3.8) is 0 Å². The van der Waals surface area contributed by atoms with Gasteiger partial charge in [-0.2, -0.15) is 0 Å². The SMILES string of the molecule is CC(C)c1cccc(C2CN(C)C(=O)C2C(=O)Nc2ccccc2F)c1. The van der Waals surface area contributed by atoms with E-state index < -0.39 is 17.6 Å². The molecule has 0 aliphatic carbocycles. The predicted molar refractivity (Wildman–Crippen MR) is 99.4 cm³/mol. The molecule has 2 aromatic carbocycles. The molecule has 3 rings (SSSR count). The number of nitrogens with zero attached hydrogens (tertiary/aromatic N) is 1. The molecule has 1 aliphatic rings. The van der Waals surface area contributed by atoms with Gasteiger partial charge in [0, 0.05) is 19.5 Å². The molecular formula is C21H23FN2O2.